The highest BCUT2D eigenvalue weighted by Crippen LogP contribution is 2.48. The third-order valence-electron chi connectivity index (χ3n) is 4.20. The van der Waals surface area contributed by atoms with Crippen LogP contribution in [0.15, 0.2) is 48.5 Å². The minimum absolute atomic E-state index is 0.0424. The van der Waals surface area contributed by atoms with Crippen molar-refractivity contribution in [2.24, 2.45) is 5.41 Å². The fraction of sp³-hybridized carbons (Fsp3) is 0.300. The molecule has 26 heavy (non-hydrogen) atoms. The first-order valence-electron chi connectivity index (χ1n) is 8.55. The smallest absolute Gasteiger partial charge is 0.240 e. The maximum atomic E-state index is 13.3. The lowest BCUT2D eigenvalue weighted by Gasteiger charge is -2.18. The van der Waals surface area contributed by atoms with E-state index < -0.39 is 17.1 Å². The lowest BCUT2D eigenvalue weighted by molar-refractivity contribution is -0.131. The van der Waals surface area contributed by atoms with Crippen LogP contribution in [0.1, 0.15) is 26.7 Å². The SMILES string of the molecule is CC(C)Oc1ccccc1NC(=O)C1(C(=O)Nc2cccc(F)c2)CC1. The molecule has 3 rings (SSSR count). The van der Waals surface area contributed by atoms with Gasteiger partial charge in [0.15, 0.2) is 0 Å². The number of ether oxygens (including phenoxy) is 1. The van der Waals surface area contributed by atoms with E-state index in [-0.39, 0.29) is 12.0 Å². The Hall–Kier alpha value is -2.89. The molecule has 0 aliphatic heterocycles. The van der Waals surface area contributed by atoms with E-state index in [9.17, 15) is 14.0 Å². The molecule has 1 aliphatic rings. The molecule has 6 heteroatoms. The van der Waals surface area contributed by atoms with Crippen LogP contribution in [-0.2, 0) is 9.59 Å². The summed E-state index contributed by atoms with van der Waals surface area (Å²) in [7, 11) is 0. The summed E-state index contributed by atoms with van der Waals surface area (Å²) in [5.41, 5.74) is -0.272. The van der Waals surface area contributed by atoms with Gasteiger partial charge in [-0.2, -0.15) is 0 Å². The predicted octanol–water partition coefficient (Wildman–Crippen LogP) is 3.97. The third kappa shape index (κ3) is 3.85. The summed E-state index contributed by atoms with van der Waals surface area (Å²) in [6.07, 6.45) is 0.861. The van der Waals surface area contributed by atoms with Crippen LogP contribution in [0.4, 0.5) is 15.8 Å². The molecule has 2 N–H and O–H groups in total. The van der Waals surface area contributed by atoms with Crippen LogP contribution < -0.4 is 15.4 Å². The second-order valence-electron chi connectivity index (χ2n) is 6.66. The van der Waals surface area contributed by atoms with E-state index in [1.807, 2.05) is 19.9 Å². The van der Waals surface area contributed by atoms with E-state index in [1.165, 1.54) is 18.2 Å². The van der Waals surface area contributed by atoms with Gasteiger partial charge in [0.1, 0.15) is 17.0 Å². The van der Waals surface area contributed by atoms with Crippen LogP contribution in [0.5, 0.6) is 5.75 Å². The Kier molecular flexibility index (Phi) is 4.93. The molecule has 0 spiro atoms. The van der Waals surface area contributed by atoms with Gasteiger partial charge in [-0.25, -0.2) is 4.39 Å². The highest BCUT2D eigenvalue weighted by atomic mass is 19.1. The van der Waals surface area contributed by atoms with Gasteiger partial charge in [-0.05, 0) is 57.0 Å². The van der Waals surface area contributed by atoms with Gasteiger partial charge in [0.25, 0.3) is 0 Å². The third-order valence-corrected chi connectivity index (χ3v) is 4.20. The highest BCUT2D eigenvalue weighted by Gasteiger charge is 2.56. The summed E-state index contributed by atoms with van der Waals surface area (Å²) < 4.78 is 19.0. The van der Waals surface area contributed by atoms with Crippen molar-refractivity contribution in [1.82, 2.24) is 0 Å². The number of hydrogen-bond acceptors (Lipinski definition) is 3. The van der Waals surface area contributed by atoms with Gasteiger partial charge < -0.3 is 15.4 Å². The predicted molar refractivity (Wildman–Crippen MR) is 97.5 cm³/mol. The molecule has 2 aromatic rings. The molecule has 0 aromatic heterocycles. The van der Waals surface area contributed by atoms with Crippen LogP contribution in [0.2, 0.25) is 0 Å². The van der Waals surface area contributed by atoms with E-state index in [1.54, 1.807) is 24.3 Å². The normalized spacial score (nSPS) is 14.6. The number of para-hydroxylation sites is 2. The van der Waals surface area contributed by atoms with Gasteiger partial charge in [0.2, 0.25) is 11.8 Å². The van der Waals surface area contributed by atoms with Crippen molar-refractivity contribution >= 4 is 23.2 Å². The Morgan fingerprint density at radius 3 is 2.38 bits per heavy atom. The first kappa shape index (κ1) is 17.9. The van der Waals surface area contributed by atoms with Gasteiger partial charge in [-0.1, -0.05) is 18.2 Å². The quantitative estimate of drug-likeness (QED) is 0.770. The maximum absolute atomic E-state index is 13.3. The second kappa shape index (κ2) is 7.15. The number of carbonyl (C=O) groups excluding carboxylic acids is 2. The first-order chi connectivity index (χ1) is 12.4. The van der Waals surface area contributed by atoms with E-state index in [0.29, 0.717) is 30.0 Å². The molecule has 0 bridgehead atoms. The zero-order chi connectivity index (χ0) is 18.7. The molecule has 0 atom stereocenters. The Bertz CT molecular complexity index is 831. The molecule has 0 saturated heterocycles. The largest absolute Gasteiger partial charge is 0.489 e. The van der Waals surface area contributed by atoms with Gasteiger partial charge in [-0.3, -0.25) is 9.59 Å². The molecule has 1 aliphatic carbocycles. The Balaban J connectivity index is 1.72. The number of benzene rings is 2. The Labute approximate surface area is 151 Å². The first-order valence-corrected chi connectivity index (χ1v) is 8.55. The summed E-state index contributed by atoms with van der Waals surface area (Å²) >= 11 is 0. The van der Waals surface area contributed by atoms with Crippen molar-refractivity contribution in [1.29, 1.82) is 0 Å². The van der Waals surface area contributed by atoms with Gasteiger partial charge in [0, 0.05) is 5.69 Å². The standard InChI is InChI=1S/C20H21FN2O3/c1-13(2)26-17-9-4-3-8-16(17)23-19(25)20(10-11-20)18(24)22-15-7-5-6-14(21)12-15/h3-9,12-13H,10-11H2,1-2H3,(H,22,24)(H,23,25). The number of hydrogen-bond donors (Lipinski definition) is 2. The topological polar surface area (TPSA) is 67.4 Å². The molecular weight excluding hydrogens is 335 g/mol. The van der Waals surface area contributed by atoms with E-state index in [2.05, 4.69) is 10.6 Å². The van der Waals surface area contributed by atoms with Crippen molar-refractivity contribution in [3.63, 3.8) is 0 Å². The molecule has 2 amide bonds. The van der Waals surface area contributed by atoms with E-state index in [4.69, 9.17) is 4.74 Å². The Morgan fingerprint density at radius 2 is 1.73 bits per heavy atom. The van der Waals surface area contributed by atoms with E-state index in [0.717, 1.165) is 0 Å². The molecule has 136 valence electrons. The van der Waals surface area contributed by atoms with Gasteiger partial charge in [-0.15, -0.1) is 0 Å². The van der Waals surface area contributed by atoms with Gasteiger partial charge in [0.05, 0.1) is 11.8 Å². The Morgan fingerprint density at radius 1 is 1.04 bits per heavy atom. The number of halogens is 1. The fourth-order valence-electron chi connectivity index (χ4n) is 2.67. The molecule has 0 unspecified atom stereocenters. The van der Waals surface area contributed by atoms with Crippen molar-refractivity contribution in [2.45, 2.75) is 32.8 Å². The zero-order valence-corrected chi connectivity index (χ0v) is 14.7. The number of carbonyl (C=O) groups is 2. The lowest BCUT2D eigenvalue weighted by Crippen LogP contribution is -2.35. The molecule has 2 aromatic carbocycles. The molecular formula is C20H21FN2O3. The summed E-state index contributed by atoms with van der Waals surface area (Å²) in [6.45, 7) is 3.79. The molecule has 0 radical (unpaired) electrons. The summed E-state index contributed by atoms with van der Waals surface area (Å²) in [5, 5.41) is 5.43. The maximum Gasteiger partial charge on any atom is 0.240 e. The minimum atomic E-state index is -1.13. The number of amides is 2. The van der Waals surface area contributed by atoms with Crippen molar-refractivity contribution < 1.29 is 18.7 Å². The van der Waals surface area contributed by atoms with Crippen LogP contribution in [0.25, 0.3) is 0 Å². The van der Waals surface area contributed by atoms with Crippen LogP contribution in [-0.4, -0.2) is 17.9 Å². The summed E-state index contributed by atoms with van der Waals surface area (Å²) in [4.78, 5) is 25.3. The van der Waals surface area contributed by atoms with Crippen LogP contribution in [0, 0.1) is 11.2 Å². The molecule has 5 nitrogen and oxygen atoms in total. The van der Waals surface area contributed by atoms with Crippen molar-refractivity contribution in [3.05, 3.63) is 54.3 Å². The number of rotatable bonds is 6. The molecule has 0 heterocycles. The van der Waals surface area contributed by atoms with E-state index >= 15 is 0 Å². The monoisotopic (exact) mass is 356 g/mol. The van der Waals surface area contributed by atoms with Crippen molar-refractivity contribution in [3.8, 4) is 5.75 Å². The zero-order valence-electron chi connectivity index (χ0n) is 14.7. The fourth-order valence-corrected chi connectivity index (χ4v) is 2.67. The highest BCUT2D eigenvalue weighted by molar-refractivity contribution is 6.17. The molecule has 1 fully saturated rings. The average Bonchev–Trinajstić information content (AvgIpc) is 3.38. The summed E-state index contributed by atoms with van der Waals surface area (Å²) in [6, 6.07) is 12.7. The minimum Gasteiger partial charge on any atom is -0.489 e. The molecule has 1 saturated carbocycles. The van der Waals surface area contributed by atoms with Crippen LogP contribution in [0.3, 0.4) is 0 Å². The number of anilines is 2. The average molecular weight is 356 g/mol. The van der Waals surface area contributed by atoms with Gasteiger partial charge >= 0.3 is 0 Å². The van der Waals surface area contributed by atoms with Crippen LogP contribution >= 0.6 is 0 Å². The second-order valence-corrected chi connectivity index (χ2v) is 6.66. The number of nitrogens with one attached hydrogen (secondary N) is 2. The lowest BCUT2D eigenvalue weighted by atomic mass is 10.0. The van der Waals surface area contributed by atoms with Crippen molar-refractivity contribution in [2.75, 3.05) is 10.6 Å². The summed E-state index contributed by atoms with van der Waals surface area (Å²) in [5.74, 6) is -0.705.